The van der Waals surface area contributed by atoms with Crippen LogP contribution >= 0.6 is 0 Å². The van der Waals surface area contributed by atoms with E-state index in [0.717, 1.165) is 23.8 Å². The van der Waals surface area contributed by atoms with E-state index in [2.05, 4.69) is 5.73 Å². The second-order valence-electron chi connectivity index (χ2n) is 5.34. The van der Waals surface area contributed by atoms with Crippen LogP contribution < -0.4 is 22.1 Å². The van der Waals surface area contributed by atoms with Gasteiger partial charge in [0.15, 0.2) is 6.23 Å². The second-order valence-corrected chi connectivity index (χ2v) is 5.34. The molecule has 12 nitrogen and oxygen atoms in total. The van der Waals surface area contributed by atoms with Gasteiger partial charge in [0.1, 0.15) is 24.9 Å². The van der Waals surface area contributed by atoms with Crippen LogP contribution in [0.2, 0.25) is 0 Å². The predicted molar refractivity (Wildman–Crippen MR) is 81.3 cm³/mol. The van der Waals surface area contributed by atoms with Crippen LogP contribution in [0.5, 0.6) is 0 Å². The summed E-state index contributed by atoms with van der Waals surface area (Å²) in [5, 5.41) is 28.8. The lowest BCUT2D eigenvalue weighted by Gasteiger charge is -2.16. The summed E-state index contributed by atoms with van der Waals surface area (Å²) in [5.41, 5.74) is 2.14. The summed E-state index contributed by atoms with van der Waals surface area (Å²) >= 11 is 0. The van der Waals surface area contributed by atoms with Crippen molar-refractivity contribution in [1.82, 2.24) is 9.55 Å². The first-order chi connectivity index (χ1) is 12.2. The summed E-state index contributed by atoms with van der Waals surface area (Å²) < 4.78 is 11.2. The van der Waals surface area contributed by atoms with Crippen LogP contribution in [0.25, 0.3) is 0 Å². The number of ether oxygens (including phenoxy) is 2. The predicted octanol–water partition coefficient (Wildman–Crippen LogP) is -4.91. The number of carbonyl (C=O) groups excluding carboxylic acids is 2. The van der Waals surface area contributed by atoms with Crippen molar-refractivity contribution >= 4 is 11.9 Å². The van der Waals surface area contributed by atoms with Gasteiger partial charge < -0.3 is 35.3 Å². The molecular formula is C14H21N3O9. The van der Waals surface area contributed by atoms with Crippen LogP contribution in [0.4, 0.5) is 0 Å². The van der Waals surface area contributed by atoms with Crippen LogP contribution in [0.3, 0.4) is 0 Å². The van der Waals surface area contributed by atoms with Gasteiger partial charge in [-0.15, -0.1) is 0 Å². The highest BCUT2D eigenvalue weighted by atomic mass is 16.6. The first kappa shape index (κ1) is 21.5. The molecule has 0 bridgehead atoms. The van der Waals surface area contributed by atoms with Gasteiger partial charge in [0, 0.05) is 18.2 Å². The van der Waals surface area contributed by atoms with Crippen molar-refractivity contribution < 1.29 is 40.1 Å². The Bertz CT molecular complexity index is 725. The maximum absolute atomic E-state index is 11.7. The Balaban J connectivity index is 0.000000765. The Morgan fingerprint density at radius 3 is 2.54 bits per heavy atom. The Hall–Kier alpha value is -2.54. The molecule has 12 heteroatoms. The lowest BCUT2D eigenvalue weighted by molar-refractivity contribution is -0.366. The third-order valence-corrected chi connectivity index (χ3v) is 3.25. The number of hydrogen-bond donors (Lipinski definition) is 4. The fourth-order valence-electron chi connectivity index (χ4n) is 2.12. The van der Waals surface area contributed by atoms with Crippen LogP contribution in [-0.2, 0) is 19.1 Å². The number of carbonyl (C=O) groups is 2. The van der Waals surface area contributed by atoms with Gasteiger partial charge in [-0.25, -0.2) is 4.79 Å². The van der Waals surface area contributed by atoms with Gasteiger partial charge in [0.05, 0.1) is 13.0 Å². The number of aliphatic carboxylic acids is 1. The number of H-pyrrole nitrogens is 1. The molecule has 1 fully saturated rings. The zero-order chi connectivity index (χ0) is 19.9. The Labute approximate surface area is 146 Å². The summed E-state index contributed by atoms with van der Waals surface area (Å²) in [6.07, 6.45) is -3.62. The minimum atomic E-state index is -1.40. The van der Waals surface area contributed by atoms with Crippen molar-refractivity contribution in [2.45, 2.75) is 37.9 Å². The Kier molecular flexibility index (Phi) is 8.12. The topological polar surface area (TPSA) is 199 Å². The molecular weight excluding hydrogens is 354 g/mol. The first-order valence-corrected chi connectivity index (χ1v) is 7.63. The fourth-order valence-corrected chi connectivity index (χ4v) is 2.12. The number of nitrogens with zero attached hydrogens (tertiary/aromatic N) is 1. The zero-order valence-electron chi connectivity index (χ0n) is 14.0. The lowest BCUT2D eigenvalue weighted by atomic mass is 10.1. The molecule has 0 radical (unpaired) electrons. The molecule has 2 rings (SSSR count). The summed E-state index contributed by atoms with van der Waals surface area (Å²) in [7, 11) is 0. The van der Waals surface area contributed by atoms with Crippen LogP contribution in [0, 0.1) is 0 Å². The van der Waals surface area contributed by atoms with Gasteiger partial charge >= 0.3 is 11.7 Å². The largest absolute Gasteiger partial charge is 0.550 e. The molecule has 1 aromatic heterocycles. The molecule has 1 aliphatic rings. The third-order valence-electron chi connectivity index (χ3n) is 3.25. The molecule has 2 heterocycles. The number of carboxylic acid groups (broad SMARTS) is 1. The molecule has 1 saturated heterocycles. The summed E-state index contributed by atoms with van der Waals surface area (Å²) in [4.78, 5) is 44.9. The molecule has 1 aliphatic heterocycles. The number of quaternary nitrogens is 1. The molecule has 0 saturated carbocycles. The normalized spacial score (nSPS) is 24.5. The van der Waals surface area contributed by atoms with Crippen molar-refractivity contribution in [3.63, 3.8) is 0 Å². The highest BCUT2D eigenvalue weighted by Gasteiger charge is 2.44. The molecule has 0 amide bonds. The molecule has 0 aromatic carbocycles. The average Bonchev–Trinajstić information content (AvgIpc) is 2.81. The number of rotatable bonds is 5. The molecule has 1 aromatic rings. The molecule has 0 aliphatic carbocycles. The Morgan fingerprint density at radius 1 is 1.38 bits per heavy atom. The molecule has 4 atom stereocenters. The van der Waals surface area contributed by atoms with Crippen molar-refractivity contribution in [3.05, 3.63) is 33.1 Å². The van der Waals surface area contributed by atoms with E-state index in [1.54, 1.807) is 0 Å². The highest BCUT2D eigenvalue weighted by Crippen LogP contribution is 2.28. The molecule has 26 heavy (non-hydrogen) atoms. The van der Waals surface area contributed by atoms with E-state index in [1.807, 2.05) is 4.98 Å². The maximum Gasteiger partial charge on any atom is 0.330 e. The number of aliphatic hydroxyl groups excluding tert-OH is 2. The minimum Gasteiger partial charge on any atom is -0.550 e. The first-order valence-electron chi connectivity index (χ1n) is 7.63. The number of aliphatic hydroxyl groups is 2. The van der Waals surface area contributed by atoms with Gasteiger partial charge in [-0.2, -0.15) is 0 Å². The third kappa shape index (κ3) is 6.07. The summed E-state index contributed by atoms with van der Waals surface area (Å²) in [6, 6.07) is 1.09. The molecule has 0 spiro atoms. The molecule has 6 N–H and O–H groups in total. The number of aromatic nitrogens is 2. The number of esters is 1. The summed E-state index contributed by atoms with van der Waals surface area (Å²) in [5.74, 6) is -1.58. The monoisotopic (exact) mass is 375 g/mol. The van der Waals surface area contributed by atoms with Crippen molar-refractivity contribution in [2.24, 2.45) is 0 Å². The van der Waals surface area contributed by atoms with Crippen LogP contribution in [0.1, 0.15) is 19.6 Å². The SMILES string of the molecule is CC(=O)[O-].[NH3+]CCC(=O)OC[C@H]1O[C@@H](n2ccc(=O)[nH]c2=O)[C@H](O)[C@@H]1O. The number of carboxylic acids is 1. The Morgan fingerprint density at radius 2 is 2.00 bits per heavy atom. The molecule has 0 unspecified atom stereocenters. The van der Waals surface area contributed by atoms with Crippen molar-refractivity contribution in [1.29, 1.82) is 0 Å². The van der Waals surface area contributed by atoms with Crippen LogP contribution in [-0.4, -0.2) is 63.2 Å². The van der Waals surface area contributed by atoms with E-state index in [0.29, 0.717) is 6.54 Å². The van der Waals surface area contributed by atoms with Gasteiger partial charge in [-0.1, -0.05) is 0 Å². The number of aromatic amines is 1. The van der Waals surface area contributed by atoms with E-state index in [-0.39, 0.29) is 13.0 Å². The van der Waals surface area contributed by atoms with Gasteiger partial charge in [0.2, 0.25) is 0 Å². The van der Waals surface area contributed by atoms with E-state index < -0.39 is 47.7 Å². The number of nitrogens with one attached hydrogen (secondary N) is 1. The number of hydrogen-bond acceptors (Lipinski definition) is 9. The standard InChI is InChI=1S/C12H17N3O7.C2H4O2/c13-3-1-8(17)21-5-6-9(18)10(19)11(22-6)15-4-2-7(16)14-12(15)20;1-2(3)4/h2,4,6,9-11,18-19H,1,3,5,13H2,(H,14,16,20);1H3,(H,3,4)/t6-,9-,10-,11-;/m1./s1. The van der Waals surface area contributed by atoms with Crippen molar-refractivity contribution in [3.8, 4) is 0 Å². The lowest BCUT2D eigenvalue weighted by Crippen LogP contribution is -2.51. The van der Waals surface area contributed by atoms with Gasteiger partial charge in [0.25, 0.3) is 5.56 Å². The van der Waals surface area contributed by atoms with Crippen molar-refractivity contribution in [2.75, 3.05) is 13.2 Å². The zero-order valence-corrected chi connectivity index (χ0v) is 14.0. The average molecular weight is 375 g/mol. The highest BCUT2D eigenvalue weighted by molar-refractivity contribution is 5.69. The van der Waals surface area contributed by atoms with E-state index in [9.17, 15) is 24.6 Å². The minimum absolute atomic E-state index is 0.133. The van der Waals surface area contributed by atoms with E-state index in [4.69, 9.17) is 19.4 Å². The van der Waals surface area contributed by atoms with Gasteiger partial charge in [-0.3, -0.25) is 19.1 Å². The fraction of sp³-hybridized carbons (Fsp3) is 0.571. The maximum atomic E-state index is 11.7. The van der Waals surface area contributed by atoms with Crippen LogP contribution in [0.15, 0.2) is 21.9 Å². The molecule has 146 valence electrons. The van der Waals surface area contributed by atoms with Gasteiger partial charge in [-0.05, 0) is 6.92 Å². The smallest absolute Gasteiger partial charge is 0.330 e. The quantitative estimate of drug-likeness (QED) is 0.364. The van der Waals surface area contributed by atoms with E-state index >= 15 is 0 Å². The summed E-state index contributed by atoms with van der Waals surface area (Å²) in [6.45, 7) is 1.09. The van der Waals surface area contributed by atoms with E-state index in [1.165, 1.54) is 0 Å². The second kappa shape index (κ2) is 9.82.